The number of ether oxygens (including phenoxy) is 2. The Balaban J connectivity index is 1.52. The van der Waals surface area contributed by atoms with Gasteiger partial charge in [0.25, 0.3) is 11.8 Å². The summed E-state index contributed by atoms with van der Waals surface area (Å²) in [5.41, 5.74) is 5.48. The van der Waals surface area contributed by atoms with E-state index in [0.717, 1.165) is 11.1 Å². The first-order valence-electron chi connectivity index (χ1n) is 10.6. The fourth-order valence-electron chi connectivity index (χ4n) is 3.21. The maximum absolute atomic E-state index is 12.9. The number of amides is 2. The number of nitrogens with zero attached hydrogens (tertiary/aromatic N) is 1. The zero-order chi connectivity index (χ0) is 23.8. The monoisotopic (exact) mass is 453 g/mol. The molecule has 0 atom stereocenters. The van der Waals surface area contributed by atoms with Gasteiger partial charge in [-0.3, -0.25) is 9.59 Å². The van der Waals surface area contributed by atoms with Crippen LogP contribution in [0.5, 0.6) is 11.5 Å². The van der Waals surface area contributed by atoms with E-state index in [1.54, 1.807) is 54.8 Å². The number of rotatable bonds is 7. The van der Waals surface area contributed by atoms with Crippen LogP contribution in [-0.4, -0.2) is 24.8 Å². The van der Waals surface area contributed by atoms with Crippen LogP contribution in [0.4, 0.5) is 0 Å². The van der Waals surface area contributed by atoms with Crippen molar-refractivity contribution in [3.8, 4) is 11.5 Å². The number of allylic oxidation sites excluding steroid dienone is 1. The molecule has 0 unspecified atom stereocenters. The fourth-order valence-corrected chi connectivity index (χ4v) is 3.21. The van der Waals surface area contributed by atoms with Crippen molar-refractivity contribution in [2.45, 2.75) is 6.92 Å². The molecule has 3 aromatic rings. The van der Waals surface area contributed by atoms with Crippen molar-refractivity contribution in [1.82, 2.24) is 10.7 Å². The van der Waals surface area contributed by atoms with E-state index in [0.29, 0.717) is 22.6 Å². The average molecular weight is 453 g/mol. The molecule has 0 aromatic heterocycles. The molecular weight excluding hydrogens is 430 g/mol. The highest BCUT2D eigenvalue weighted by Crippen LogP contribution is 2.33. The summed E-state index contributed by atoms with van der Waals surface area (Å²) in [6.07, 6.45) is 5.04. The third kappa shape index (κ3) is 5.98. The Morgan fingerprint density at radius 3 is 2.32 bits per heavy atom. The Hall–Kier alpha value is -4.65. The third-order valence-corrected chi connectivity index (χ3v) is 4.86. The van der Waals surface area contributed by atoms with Crippen LogP contribution in [0.25, 0.3) is 12.2 Å². The quantitative estimate of drug-likeness (QED) is 0.315. The highest BCUT2D eigenvalue weighted by atomic mass is 16.7. The Morgan fingerprint density at radius 2 is 1.56 bits per heavy atom. The summed E-state index contributed by atoms with van der Waals surface area (Å²) in [6, 6.07) is 23.7. The Bertz CT molecular complexity index is 1270. The number of fused-ring (bicyclic) bond motifs is 1. The van der Waals surface area contributed by atoms with Gasteiger partial charge in [-0.2, -0.15) is 5.10 Å². The molecule has 0 aliphatic carbocycles. The second-order valence-electron chi connectivity index (χ2n) is 7.49. The molecule has 7 nitrogen and oxygen atoms in total. The van der Waals surface area contributed by atoms with Crippen LogP contribution in [0.2, 0.25) is 0 Å². The van der Waals surface area contributed by atoms with Crippen molar-refractivity contribution in [2.24, 2.45) is 5.10 Å². The van der Waals surface area contributed by atoms with E-state index in [9.17, 15) is 9.59 Å². The van der Waals surface area contributed by atoms with Gasteiger partial charge in [-0.25, -0.2) is 5.43 Å². The molecule has 0 saturated carbocycles. The van der Waals surface area contributed by atoms with Crippen molar-refractivity contribution in [3.05, 3.63) is 107 Å². The Labute approximate surface area is 197 Å². The van der Waals surface area contributed by atoms with Crippen molar-refractivity contribution in [2.75, 3.05) is 6.79 Å². The van der Waals surface area contributed by atoms with Crippen LogP contribution in [0.15, 0.2) is 95.2 Å². The zero-order valence-electron chi connectivity index (χ0n) is 18.5. The van der Waals surface area contributed by atoms with Gasteiger partial charge in [-0.15, -0.1) is 0 Å². The SMILES string of the molecule is CC(C=NNC(=O)C(=Cc1ccc2c(c1)OCO2)NC(=O)c1ccccc1)=Cc1ccccc1. The summed E-state index contributed by atoms with van der Waals surface area (Å²) >= 11 is 0. The second-order valence-corrected chi connectivity index (χ2v) is 7.49. The predicted octanol–water partition coefficient (Wildman–Crippen LogP) is 4.39. The third-order valence-electron chi connectivity index (χ3n) is 4.86. The maximum Gasteiger partial charge on any atom is 0.287 e. The van der Waals surface area contributed by atoms with Crippen LogP contribution >= 0.6 is 0 Å². The van der Waals surface area contributed by atoms with E-state index in [1.807, 2.05) is 49.4 Å². The fraction of sp³-hybridized carbons (Fsp3) is 0.0741. The van der Waals surface area contributed by atoms with Crippen molar-refractivity contribution < 1.29 is 19.1 Å². The van der Waals surface area contributed by atoms with E-state index < -0.39 is 11.8 Å². The largest absolute Gasteiger partial charge is 0.454 e. The van der Waals surface area contributed by atoms with Gasteiger partial charge >= 0.3 is 0 Å². The van der Waals surface area contributed by atoms with Gasteiger partial charge in [0.05, 0.1) is 6.21 Å². The molecule has 7 heteroatoms. The highest BCUT2D eigenvalue weighted by Gasteiger charge is 2.16. The van der Waals surface area contributed by atoms with Crippen molar-refractivity contribution in [1.29, 1.82) is 0 Å². The van der Waals surface area contributed by atoms with Crippen LogP contribution in [0.1, 0.15) is 28.4 Å². The molecule has 2 amide bonds. The van der Waals surface area contributed by atoms with Crippen LogP contribution in [-0.2, 0) is 4.79 Å². The molecule has 34 heavy (non-hydrogen) atoms. The minimum atomic E-state index is -0.564. The lowest BCUT2D eigenvalue weighted by molar-refractivity contribution is -0.117. The highest BCUT2D eigenvalue weighted by molar-refractivity contribution is 6.05. The number of hydrazone groups is 1. The van der Waals surface area contributed by atoms with Crippen molar-refractivity contribution >= 4 is 30.2 Å². The molecule has 0 bridgehead atoms. The van der Waals surface area contributed by atoms with Gasteiger partial charge in [-0.05, 0) is 54.0 Å². The first-order valence-corrected chi connectivity index (χ1v) is 10.6. The van der Waals surface area contributed by atoms with Gasteiger partial charge in [0, 0.05) is 5.56 Å². The molecule has 1 heterocycles. The topological polar surface area (TPSA) is 89.0 Å². The van der Waals surface area contributed by atoms with Crippen LogP contribution in [0, 0.1) is 0 Å². The molecule has 4 rings (SSSR count). The molecule has 3 aromatic carbocycles. The minimum absolute atomic E-state index is 0.0366. The molecule has 0 saturated heterocycles. The van der Waals surface area contributed by atoms with Gasteiger partial charge in [0.1, 0.15) is 5.70 Å². The molecule has 2 N–H and O–H groups in total. The molecule has 170 valence electrons. The van der Waals surface area contributed by atoms with Gasteiger partial charge in [0.15, 0.2) is 11.5 Å². The number of carbonyl (C=O) groups excluding carboxylic acids is 2. The van der Waals surface area contributed by atoms with E-state index in [4.69, 9.17) is 9.47 Å². The first kappa shape index (κ1) is 22.5. The Morgan fingerprint density at radius 1 is 0.853 bits per heavy atom. The maximum atomic E-state index is 12.9. The summed E-state index contributed by atoms with van der Waals surface area (Å²) in [4.78, 5) is 25.6. The summed E-state index contributed by atoms with van der Waals surface area (Å²) in [5, 5.41) is 6.71. The standard InChI is InChI=1S/C27H23N3O4/c1-19(14-20-8-4-2-5-9-20)17-28-30-27(32)23(29-26(31)22-10-6-3-7-11-22)15-21-12-13-24-25(16-21)34-18-33-24/h2-17H,18H2,1H3,(H,29,31)(H,30,32). The molecular formula is C27H23N3O4. The lowest BCUT2D eigenvalue weighted by Crippen LogP contribution is -2.32. The lowest BCUT2D eigenvalue weighted by Gasteiger charge is -2.09. The molecule has 0 radical (unpaired) electrons. The lowest BCUT2D eigenvalue weighted by atomic mass is 10.1. The summed E-state index contributed by atoms with van der Waals surface area (Å²) in [7, 11) is 0. The number of carbonyl (C=O) groups is 2. The number of nitrogens with one attached hydrogen (secondary N) is 2. The van der Waals surface area contributed by atoms with Crippen molar-refractivity contribution in [3.63, 3.8) is 0 Å². The van der Waals surface area contributed by atoms with E-state index in [2.05, 4.69) is 15.8 Å². The summed E-state index contributed by atoms with van der Waals surface area (Å²) in [6.45, 7) is 2.02. The summed E-state index contributed by atoms with van der Waals surface area (Å²) in [5.74, 6) is 0.224. The second kappa shape index (κ2) is 10.8. The van der Waals surface area contributed by atoms with Crippen LogP contribution in [0.3, 0.4) is 0 Å². The number of hydrogen-bond donors (Lipinski definition) is 2. The zero-order valence-corrected chi connectivity index (χ0v) is 18.5. The molecule has 1 aliphatic rings. The molecule has 0 spiro atoms. The molecule has 1 aliphatic heterocycles. The number of hydrogen-bond acceptors (Lipinski definition) is 5. The van der Waals surface area contributed by atoms with Gasteiger partial charge in [0.2, 0.25) is 6.79 Å². The van der Waals surface area contributed by atoms with Crippen LogP contribution < -0.4 is 20.2 Å². The van der Waals surface area contributed by atoms with E-state index in [1.165, 1.54) is 0 Å². The number of benzene rings is 3. The average Bonchev–Trinajstić information content (AvgIpc) is 3.32. The Kier molecular flexibility index (Phi) is 7.15. The smallest absolute Gasteiger partial charge is 0.287 e. The van der Waals surface area contributed by atoms with E-state index >= 15 is 0 Å². The predicted molar refractivity (Wildman–Crippen MR) is 131 cm³/mol. The minimum Gasteiger partial charge on any atom is -0.454 e. The first-order chi connectivity index (χ1) is 16.6. The summed E-state index contributed by atoms with van der Waals surface area (Å²) < 4.78 is 10.7. The normalized spacial score (nSPS) is 13.1. The van der Waals surface area contributed by atoms with Gasteiger partial charge < -0.3 is 14.8 Å². The molecule has 0 fully saturated rings. The van der Waals surface area contributed by atoms with E-state index in [-0.39, 0.29) is 12.5 Å². The van der Waals surface area contributed by atoms with Gasteiger partial charge in [-0.1, -0.05) is 60.7 Å².